The van der Waals surface area contributed by atoms with E-state index in [2.05, 4.69) is 28.8 Å². The molecule has 5 nitrogen and oxygen atoms in total. The molecule has 0 radical (unpaired) electrons. The van der Waals surface area contributed by atoms with Crippen LogP contribution in [0, 0.1) is 6.92 Å². The van der Waals surface area contributed by atoms with E-state index in [1.54, 1.807) is 0 Å². The number of halogens is 1. The summed E-state index contributed by atoms with van der Waals surface area (Å²) >= 11 is 6.77. The predicted molar refractivity (Wildman–Crippen MR) is 155 cm³/mol. The first kappa shape index (κ1) is 26.7. The number of carbonyl (C=O) groups is 1. The fraction of sp³-hybridized carbons (Fsp3) is 0.156. The first-order valence-electron chi connectivity index (χ1n) is 12.6. The molecule has 0 saturated heterocycles. The van der Waals surface area contributed by atoms with E-state index in [0.29, 0.717) is 10.6 Å². The lowest BCUT2D eigenvalue weighted by Crippen LogP contribution is -2.14. The zero-order chi connectivity index (χ0) is 27.6. The van der Waals surface area contributed by atoms with Crippen molar-refractivity contribution in [2.45, 2.75) is 24.3 Å². The molecular weight excluding hydrogens is 530 g/mol. The van der Waals surface area contributed by atoms with Gasteiger partial charge in [0.05, 0.1) is 39.9 Å². The van der Waals surface area contributed by atoms with Crippen LogP contribution in [0.4, 0.5) is 0 Å². The van der Waals surface area contributed by atoms with Crippen LogP contribution in [0.3, 0.4) is 0 Å². The zero-order valence-electron chi connectivity index (χ0n) is 21.7. The number of esters is 1. The smallest absolute Gasteiger partial charge is 0.337 e. The Labute approximate surface area is 233 Å². The van der Waals surface area contributed by atoms with Gasteiger partial charge in [0, 0.05) is 11.1 Å². The lowest BCUT2D eigenvalue weighted by molar-refractivity contribution is 0.0600. The Morgan fingerprint density at radius 3 is 2.00 bits per heavy atom. The number of benzene rings is 4. The van der Waals surface area contributed by atoms with Gasteiger partial charge in [-0.1, -0.05) is 78.3 Å². The second-order valence-electron chi connectivity index (χ2n) is 9.38. The lowest BCUT2D eigenvalue weighted by atomic mass is 9.98. The number of ether oxygens (including phenoxy) is 1. The van der Waals surface area contributed by atoms with Gasteiger partial charge in [-0.3, -0.25) is 0 Å². The van der Waals surface area contributed by atoms with Crippen molar-refractivity contribution in [1.82, 2.24) is 4.57 Å². The minimum atomic E-state index is -3.63. The van der Waals surface area contributed by atoms with Crippen molar-refractivity contribution in [1.29, 1.82) is 0 Å². The second kappa shape index (κ2) is 11.1. The molecule has 0 amide bonds. The van der Waals surface area contributed by atoms with Crippen LogP contribution in [0.2, 0.25) is 5.02 Å². The number of rotatable bonds is 8. The van der Waals surface area contributed by atoms with Crippen LogP contribution in [0.1, 0.15) is 38.8 Å². The fourth-order valence-electron chi connectivity index (χ4n) is 5.19. The van der Waals surface area contributed by atoms with Crippen molar-refractivity contribution >= 4 is 38.3 Å². The summed E-state index contributed by atoms with van der Waals surface area (Å²) in [4.78, 5) is 11.9. The van der Waals surface area contributed by atoms with E-state index in [1.807, 2.05) is 61.5 Å². The molecule has 198 valence electrons. The SMILES string of the molecule is COC(=O)c1ccc(S(=O)(=O)CCc2c(C)n(C(c3ccccc3)c3ccccc3)c3cccc(Cl)c23)cc1. The van der Waals surface area contributed by atoms with Crippen molar-refractivity contribution in [2.24, 2.45) is 0 Å². The van der Waals surface area contributed by atoms with Gasteiger partial charge in [0.1, 0.15) is 0 Å². The summed E-state index contributed by atoms with van der Waals surface area (Å²) in [6.45, 7) is 2.03. The highest BCUT2D eigenvalue weighted by atomic mass is 35.5. The van der Waals surface area contributed by atoms with Gasteiger partial charge in [-0.25, -0.2) is 13.2 Å². The molecule has 0 fully saturated rings. The van der Waals surface area contributed by atoms with Crippen LogP contribution in [0.5, 0.6) is 0 Å². The molecule has 5 rings (SSSR count). The average molecular weight is 558 g/mol. The molecule has 0 unspecified atom stereocenters. The molecule has 0 atom stereocenters. The Kier molecular flexibility index (Phi) is 7.60. The number of hydrogen-bond acceptors (Lipinski definition) is 4. The monoisotopic (exact) mass is 557 g/mol. The summed E-state index contributed by atoms with van der Waals surface area (Å²) < 4.78 is 33.6. The van der Waals surface area contributed by atoms with Gasteiger partial charge in [-0.2, -0.15) is 0 Å². The van der Waals surface area contributed by atoms with Gasteiger partial charge in [0.15, 0.2) is 9.84 Å². The van der Waals surface area contributed by atoms with Gasteiger partial charge >= 0.3 is 5.97 Å². The first-order chi connectivity index (χ1) is 18.8. The number of carbonyl (C=O) groups excluding carboxylic acids is 1. The van der Waals surface area contributed by atoms with Crippen molar-refractivity contribution in [2.75, 3.05) is 12.9 Å². The number of sulfone groups is 1. The van der Waals surface area contributed by atoms with Gasteiger partial charge in [0.25, 0.3) is 0 Å². The molecule has 39 heavy (non-hydrogen) atoms. The predicted octanol–water partition coefficient (Wildman–Crippen LogP) is 7.04. The Morgan fingerprint density at radius 1 is 0.846 bits per heavy atom. The van der Waals surface area contributed by atoms with E-state index in [9.17, 15) is 13.2 Å². The quantitative estimate of drug-likeness (QED) is 0.192. The Morgan fingerprint density at radius 2 is 1.44 bits per heavy atom. The maximum atomic E-state index is 13.3. The second-order valence-corrected chi connectivity index (χ2v) is 11.9. The summed E-state index contributed by atoms with van der Waals surface area (Å²) in [6.07, 6.45) is 0.288. The van der Waals surface area contributed by atoms with Crippen LogP contribution in [-0.4, -0.2) is 31.8 Å². The van der Waals surface area contributed by atoms with Crippen molar-refractivity contribution in [3.63, 3.8) is 0 Å². The van der Waals surface area contributed by atoms with Crippen LogP contribution in [0.15, 0.2) is 108 Å². The first-order valence-corrected chi connectivity index (χ1v) is 14.6. The molecule has 4 aromatic carbocycles. The van der Waals surface area contributed by atoms with E-state index in [0.717, 1.165) is 33.3 Å². The topological polar surface area (TPSA) is 65.4 Å². The third-order valence-corrected chi connectivity index (χ3v) is 9.14. The number of aromatic nitrogens is 1. The number of hydrogen-bond donors (Lipinski definition) is 0. The van der Waals surface area contributed by atoms with E-state index < -0.39 is 15.8 Å². The maximum Gasteiger partial charge on any atom is 0.337 e. The zero-order valence-corrected chi connectivity index (χ0v) is 23.2. The molecule has 1 aromatic heterocycles. The van der Waals surface area contributed by atoms with Crippen LogP contribution in [0.25, 0.3) is 10.9 Å². The molecule has 0 N–H and O–H groups in total. The third kappa shape index (κ3) is 5.22. The normalized spacial score (nSPS) is 11.7. The Hall–Kier alpha value is -3.87. The maximum absolute atomic E-state index is 13.3. The highest BCUT2D eigenvalue weighted by Crippen LogP contribution is 2.39. The molecular formula is C32H28ClNO4S. The van der Waals surface area contributed by atoms with Gasteiger partial charge in [-0.15, -0.1) is 0 Å². The van der Waals surface area contributed by atoms with E-state index in [-0.39, 0.29) is 23.1 Å². The number of methoxy groups -OCH3 is 1. The fourth-order valence-corrected chi connectivity index (χ4v) is 6.73. The molecule has 0 aliphatic carbocycles. The largest absolute Gasteiger partial charge is 0.465 e. The minimum Gasteiger partial charge on any atom is -0.465 e. The van der Waals surface area contributed by atoms with E-state index in [1.165, 1.54) is 31.4 Å². The number of aryl methyl sites for hydroxylation is 1. The van der Waals surface area contributed by atoms with Crippen LogP contribution < -0.4 is 0 Å². The minimum absolute atomic E-state index is 0.100. The molecule has 5 aromatic rings. The van der Waals surface area contributed by atoms with Gasteiger partial charge in [-0.05, 0) is 66.4 Å². The molecule has 0 saturated carbocycles. The summed E-state index contributed by atoms with van der Waals surface area (Å²) in [7, 11) is -2.34. The average Bonchev–Trinajstić information content (AvgIpc) is 3.25. The number of nitrogens with zero attached hydrogens (tertiary/aromatic N) is 1. The van der Waals surface area contributed by atoms with E-state index in [4.69, 9.17) is 16.3 Å². The number of fused-ring (bicyclic) bond motifs is 1. The van der Waals surface area contributed by atoms with Gasteiger partial charge in [0.2, 0.25) is 0 Å². The third-order valence-electron chi connectivity index (χ3n) is 7.10. The Bertz CT molecular complexity index is 1690. The van der Waals surface area contributed by atoms with Crippen LogP contribution in [-0.2, 0) is 21.0 Å². The summed E-state index contributed by atoms with van der Waals surface area (Å²) in [5, 5.41) is 1.45. The molecule has 0 bridgehead atoms. The standard InChI is InChI=1S/C32H28ClNO4S/c1-22-27(20-21-39(36,37)26-18-16-25(17-19-26)32(35)38-2)30-28(33)14-9-15-29(30)34(22)31(23-10-5-3-6-11-23)24-12-7-4-8-13-24/h3-19,31H,20-21H2,1-2H3. The molecule has 0 aliphatic rings. The molecule has 7 heteroatoms. The van der Waals surface area contributed by atoms with Crippen LogP contribution >= 0.6 is 11.6 Å². The van der Waals surface area contributed by atoms with E-state index >= 15 is 0 Å². The Balaban J connectivity index is 1.59. The summed E-state index contributed by atoms with van der Waals surface area (Å²) in [5.41, 5.74) is 5.36. The summed E-state index contributed by atoms with van der Waals surface area (Å²) in [5.74, 6) is -0.611. The van der Waals surface area contributed by atoms with Crippen molar-refractivity contribution in [3.05, 3.63) is 136 Å². The molecule has 0 aliphatic heterocycles. The molecule has 0 spiro atoms. The van der Waals surface area contributed by atoms with Gasteiger partial charge < -0.3 is 9.30 Å². The highest BCUT2D eigenvalue weighted by Gasteiger charge is 2.26. The molecule has 1 heterocycles. The lowest BCUT2D eigenvalue weighted by Gasteiger charge is -2.23. The highest BCUT2D eigenvalue weighted by molar-refractivity contribution is 7.91. The van der Waals surface area contributed by atoms with Crippen molar-refractivity contribution in [3.8, 4) is 0 Å². The van der Waals surface area contributed by atoms with Crippen molar-refractivity contribution < 1.29 is 17.9 Å². The summed E-state index contributed by atoms with van der Waals surface area (Å²) in [6, 6.07) is 32.1.